The lowest BCUT2D eigenvalue weighted by atomic mass is 10.2. The summed E-state index contributed by atoms with van der Waals surface area (Å²) in [4.78, 5) is 11.8. The number of para-hydroxylation sites is 1. The van der Waals surface area contributed by atoms with E-state index < -0.39 is 17.7 Å². The predicted molar refractivity (Wildman–Crippen MR) is 67.3 cm³/mol. The van der Waals surface area contributed by atoms with Crippen LogP contribution in [-0.4, -0.2) is 5.97 Å². The maximum atomic E-state index is 12.5. The molecule has 0 aliphatic heterocycles. The predicted octanol–water partition coefficient (Wildman–Crippen LogP) is 3.51. The molecule has 2 aromatic carbocycles. The lowest BCUT2D eigenvalue weighted by Crippen LogP contribution is -2.12. The van der Waals surface area contributed by atoms with Gasteiger partial charge < -0.3 is 10.5 Å². The first kappa shape index (κ1) is 13.9. The third-order valence-corrected chi connectivity index (χ3v) is 2.55. The van der Waals surface area contributed by atoms with Gasteiger partial charge in [0, 0.05) is 5.69 Å². The van der Waals surface area contributed by atoms with E-state index in [1.807, 2.05) is 0 Å². The molecule has 0 unspecified atom stereocenters. The Morgan fingerprint density at radius 2 is 1.75 bits per heavy atom. The van der Waals surface area contributed by atoms with Gasteiger partial charge in [0.1, 0.15) is 5.75 Å². The minimum atomic E-state index is -4.49. The normalized spacial score (nSPS) is 11.2. The molecule has 0 saturated heterocycles. The second-order valence-electron chi connectivity index (χ2n) is 4.00. The molecule has 0 radical (unpaired) electrons. The molecule has 0 amide bonds. The largest absolute Gasteiger partial charge is 0.423 e. The Labute approximate surface area is 112 Å². The third-order valence-electron chi connectivity index (χ3n) is 2.55. The SMILES string of the molecule is Nc1ccccc1C(=O)Oc1cccc(C(F)(F)F)c1. The van der Waals surface area contributed by atoms with E-state index in [1.54, 1.807) is 12.1 Å². The highest BCUT2D eigenvalue weighted by atomic mass is 19.4. The van der Waals surface area contributed by atoms with E-state index in [1.165, 1.54) is 24.3 Å². The number of esters is 1. The van der Waals surface area contributed by atoms with Crippen molar-refractivity contribution in [2.45, 2.75) is 6.18 Å². The second-order valence-corrected chi connectivity index (χ2v) is 4.00. The molecule has 3 nitrogen and oxygen atoms in total. The van der Waals surface area contributed by atoms with E-state index in [0.717, 1.165) is 12.1 Å². The molecule has 0 aliphatic carbocycles. The van der Waals surface area contributed by atoms with Gasteiger partial charge in [-0.05, 0) is 30.3 Å². The number of hydrogen-bond donors (Lipinski definition) is 1. The van der Waals surface area contributed by atoms with Gasteiger partial charge in [-0.15, -0.1) is 0 Å². The molecule has 2 aromatic rings. The van der Waals surface area contributed by atoms with Crippen molar-refractivity contribution in [2.75, 3.05) is 5.73 Å². The number of carbonyl (C=O) groups excluding carboxylic acids is 1. The quantitative estimate of drug-likeness (QED) is 0.520. The van der Waals surface area contributed by atoms with Crippen LogP contribution in [0.3, 0.4) is 0 Å². The van der Waals surface area contributed by atoms with Crippen LogP contribution in [0.25, 0.3) is 0 Å². The Hall–Kier alpha value is -2.50. The fraction of sp³-hybridized carbons (Fsp3) is 0.0714. The first-order valence-electron chi connectivity index (χ1n) is 5.62. The lowest BCUT2D eigenvalue weighted by Gasteiger charge is -2.09. The van der Waals surface area contributed by atoms with Gasteiger partial charge in [-0.25, -0.2) is 4.79 Å². The maximum Gasteiger partial charge on any atom is 0.416 e. The molecule has 104 valence electrons. The molecular formula is C14H10F3NO2. The van der Waals surface area contributed by atoms with E-state index in [0.29, 0.717) is 0 Å². The minimum Gasteiger partial charge on any atom is -0.423 e. The summed E-state index contributed by atoms with van der Waals surface area (Å²) in [7, 11) is 0. The van der Waals surface area contributed by atoms with Crippen molar-refractivity contribution >= 4 is 11.7 Å². The zero-order chi connectivity index (χ0) is 14.8. The molecule has 0 spiro atoms. The number of benzene rings is 2. The van der Waals surface area contributed by atoms with Gasteiger partial charge in [-0.1, -0.05) is 18.2 Å². The summed E-state index contributed by atoms with van der Waals surface area (Å²) < 4.78 is 42.5. The van der Waals surface area contributed by atoms with Gasteiger partial charge in [-0.2, -0.15) is 13.2 Å². The van der Waals surface area contributed by atoms with Gasteiger partial charge in [0.25, 0.3) is 0 Å². The smallest absolute Gasteiger partial charge is 0.416 e. The zero-order valence-electron chi connectivity index (χ0n) is 10.1. The van der Waals surface area contributed by atoms with Gasteiger partial charge in [0.05, 0.1) is 11.1 Å². The molecule has 2 rings (SSSR count). The van der Waals surface area contributed by atoms with Crippen LogP contribution in [0.5, 0.6) is 5.75 Å². The fourth-order valence-corrected chi connectivity index (χ4v) is 1.58. The van der Waals surface area contributed by atoms with Gasteiger partial charge in [0.2, 0.25) is 0 Å². The highest BCUT2D eigenvalue weighted by molar-refractivity contribution is 5.96. The highest BCUT2D eigenvalue weighted by Gasteiger charge is 2.30. The molecule has 0 atom stereocenters. The average Bonchev–Trinajstić information content (AvgIpc) is 2.38. The van der Waals surface area contributed by atoms with Crippen LogP contribution in [0.4, 0.5) is 18.9 Å². The number of hydrogen-bond acceptors (Lipinski definition) is 3. The number of rotatable bonds is 2. The van der Waals surface area contributed by atoms with Crippen LogP contribution in [-0.2, 0) is 6.18 Å². The molecule has 0 aromatic heterocycles. The highest BCUT2D eigenvalue weighted by Crippen LogP contribution is 2.31. The van der Waals surface area contributed by atoms with Crippen molar-refractivity contribution in [1.82, 2.24) is 0 Å². The van der Waals surface area contributed by atoms with Crippen molar-refractivity contribution in [1.29, 1.82) is 0 Å². The maximum absolute atomic E-state index is 12.5. The first-order chi connectivity index (χ1) is 9.38. The van der Waals surface area contributed by atoms with Crippen LogP contribution in [0.15, 0.2) is 48.5 Å². The van der Waals surface area contributed by atoms with E-state index in [4.69, 9.17) is 10.5 Å². The summed E-state index contributed by atoms with van der Waals surface area (Å²) in [6.07, 6.45) is -4.49. The Morgan fingerprint density at radius 3 is 2.40 bits per heavy atom. The van der Waals surface area contributed by atoms with Crippen molar-refractivity contribution < 1.29 is 22.7 Å². The molecule has 0 fully saturated rings. The number of anilines is 1. The molecule has 2 N–H and O–H groups in total. The van der Waals surface area contributed by atoms with Crippen LogP contribution >= 0.6 is 0 Å². The third kappa shape index (κ3) is 3.09. The Kier molecular flexibility index (Phi) is 3.65. The molecule has 0 saturated carbocycles. The molecular weight excluding hydrogens is 271 g/mol. The molecule has 0 heterocycles. The molecule has 6 heteroatoms. The average molecular weight is 281 g/mol. The van der Waals surface area contributed by atoms with E-state index in [9.17, 15) is 18.0 Å². The Morgan fingerprint density at radius 1 is 1.05 bits per heavy atom. The van der Waals surface area contributed by atoms with Crippen molar-refractivity contribution in [2.24, 2.45) is 0 Å². The van der Waals surface area contributed by atoms with Crippen molar-refractivity contribution in [3.63, 3.8) is 0 Å². The van der Waals surface area contributed by atoms with Crippen LogP contribution in [0.2, 0.25) is 0 Å². The Balaban J connectivity index is 2.23. The first-order valence-corrected chi connectivity index (χ1v) is 5.62. The summed E-state index contributed by atoms with van der Waals surface area (Å²) in [6, 6.07) is 10.3. The summed E-state index contributed by atoms with van der Waals surface area (Å²) in [5.41, 5.74) is 5.01. The summed E-state index contributed by atoms with van der Waals surface area (Å²) in [6.45, 7) is 0. The molecule has 20 heavy (non-hydrogen) atoms. The summed E-state index contributed by atoms with van der Waals surface area (Å²) >= 11 is 0. The summed E-state index contributed by atoms with van der Waals surface area (Å²) in [5.74, 6) is -0.990. The van der Waals surface area contributed by atoms with E-state index in [-0.39, 0.29) is 17.0 Å². The standard InChI is InChI=1S/C14H10F3NO2/c15-14(16,17)9-4-3-5-10(8-9)20-13(19)11-6-1-2-7-12(11)18/h1-8H,18H2. The van der Waals surface area contributed by atoms with Gasteiger partial charge in [0.15, 0.2) is 0 Å². The van der Waals surface area contributed by atoms with E-state index in [2.05, 4.69) is 0 Å². The number of nitrogens with two attached hydrogens (primary N) is 1. The second kappa shape index (κ2) is 5.24. The number of nitrogen functional groups attached to an aromatic ring is 1. The van der Waals surface area contributed by atoms with Gasteiger partial charge in [-0.3, -0.25) is 0 Å². The van der Waals surface area contributed by atoms with Crippen LogP contribution in [0.1, 0.15) is 15.9 Å². The monoisotopic (exact) mass is 281 g/mol. The molecule has 0 bridgehead atoms. The number of halogens is 3. The number of alkyl halides is 3. The summed E-state index contributed by atoms with van der Waals surface area (Å²) in [5, 5.41) is 0. The number of ether oxygens (including phenoxy) is 1. The topological polar surface area (TPSA) is 52.3 Å². The van der Waals surface area contributed by atoms with Crippen LogP contribution < -0.4 is 10.5 Å². The van der Waals surface area contributed by atoms with Crippen molar-refractivity contribution in [3.8, 4) is 5.75 Å². The molecule has 0 aliphatic rings. The van der Waals surface area contributed by atoms with Crippen molar-refractivity contribution in [3.05, 3.63) is 59.7 Å². The van der Waals surface area contributed by atoms with Gasteiger partial charge >= 0.3 is 12.1 Å². The Bertz CT molecular complexity index is 638. The van der Waals surface area contributed by atoms with E-state index >= 15 is 0 Å². The minimum absolute atomic E-state index is 0.102. The van der Waals surface area contributed by atoms with Crippen LogP contribution in [0, 0.1) is 0 Å². The lowest BCUT2D eigenvalue weighted by molar-refractivity contribution is -0.137. The fourth-order valence-electron chi connectivity index (χ4n) is 1.58. The zero-order valence-corrected chi connectivity index (χ0v) is 10.1. The number of carbonyl (C=O) groups is 1.